The molecule has 1 aromatic rings. The second-order valence-corrected chi connectivity index (χ2v) is 6.59. The van der Waals surface area contributed by atoms with Gasteiger partial charge in [0.25, 0.3) is 5.91 Å². The zero-order valence-corrected chi connectivity index (χ0v) is 16.5. The second-order valence-electron chi connectivity index (χ2n) is 6.59. The Bertz CT molecular complexity index is 879. The van der Waals surface area contributed by atoms with Gasteiger partial charge in [0.05, 0.1) is 18.0 Å². The smallest absolute Gasteiger partial charge is 0.254 e. The molecule has 2 aliphatic heterocycles. The predicted molar refractivity (Wildman–Crippen MR) is 108 cm³/mol. The molecule has 1 aromatic heterocycles. The lowest BCUT2D eigenvalue weighted by molar-refractivity contribution is -0.120. The molecule has 0 fully saturated rings. The highest BCUT2D eigenvalue weighted by Crippen LogP contribution is 2.23. The van der Waals surface area contributed by atoms with Crippen LogP contribution in [0.1, 0.15) is 27.3 Å². The molecular formula is C18H23ClN6O2. The Balaban J connectivity index is 0.00000261. The van der Waals surface area contributed by atoms with E-state index in [9.17, 15) is 9.59 Å². The molecule has 144 valence electrons. The van der Waals surface area contributed by atoms with Crippen LogP contribution in [0.3, 0.4) is 0 Å². The number of carbonyl (C=O) groups is 2. The highest BCUT2D eigenvalue weighted by atomic mass is 35.5. The van der Waals surface area contributed by atoms with Gasteiger partial charge in [-0.1, -0.05) is 0 Å². The molecule has 1 amide bonds. The molecule has 3 heterocycles. The summed E-state index contributed by atoms with van der Waals surface area (Å²) in [6.07, 6.45) is 6.71. The van der Waals surface area contributed by atoms with E-state index in [2.05, 4.69) is 25.8 Å². The van der Waals surface area contributed by atoms with Gasteiger partial charge in [0.15, 0.2) is 5.78 Å². The number of hydrogen-bond acceptors (Lipinski definition) is 6. The minimum atomic E-state index is -0.537. The lowest BCUT2D eigenvalue weighted by atomic mass is 9.99. The van der Waals surface area contributed by atoms with Crippen LogP contribution in [0, 0.1) is 19.8 Å². The molecule has 0 spiro atoms. The summed E-state index contributed by atoms with van der Waals surface area (Å²) >= 11 is 0. The minimum absolute atomic E-state index is 0. The first kappa shape index (κ1) is 20.6. The quantitative estimate of drug-likeness (QED) is 0.661. The Hall–Kier alpha value is -2.71. The van der Waals surface area contributed by atoms with Gasteiger partial charge in [-0.25, -0.2) is 5.43 Å². The molecule has 0 saturated carbocycles. The fourth-order valence-corrected chi connectivity index (χ4v) is 3.11. The van der Waals surface area contributed by atoms with E-state index in [1.165, 1.54) is 6.21 Å². The van der Waals surface area contributed by atoms with Gasteiger partial charge in [-0.3, -0.25) is 14.6 Å². The van der Waals surface area contributed by atoms with Crippen LogP contribution in [0.5, 0.6) is 0 Å². The number of nitrogens with one attached hydrogen (secondary N) is 3. The van der Waals surface area contributed by atoms with Crippen LogP contribution >= 0.6 is 12.4 Å². The Morgan fingerprint density at radius 1 is 1.33 bits per heavy atom. The monoisotopic (exact) mass is 390 g/mol. The number of aryl methyl sites for hydroxylation is 1. The Labute approximate surface area is 163 Å². The number of ketones is 1. The number of likely N-dealkylation sites (N-methyl/N-ethyl adjacent to an activating group) is 1. The summed E-state index contributed by atoms with van der Waals surface area (Å²) in [5.41, 5.74) is 6.91. The van der Waals surface area contributed by atoms with Crippen molar-refractivity contribution in [2.45, 2.75) is 13.8 Å². The third kappa shape index (κ3) is 4.17. The molecule has 1 atom stereocenters. The van der Waals surface area contributed by atoms with Gasteiger partial charge in [-0.2, -0.15) is 5.10 Å². The number of nitrogens with zero attached hydrogens (tertiary/aromatic N) is 3. The van der Waals surface area contributed by atoms with Gasteiger partial charge >= 0.3 is 0 Å². The highest BCUT2D eigenvalue weighted by molar-refractivity contribution is 6.24. The van der Waals surface area contributed by atoms with E-state index in [4.69, 9.17) is 0 Å². The maximum absolute atomic E-state index is 12.5. The van der Waals surface area contributed by atoms with E-state index in [-0.39, 0.29) is 24.1 Å². The number of H-pyrrole nitrogens is 1. The van der Waals surface area contributed by atoms with Gasteiger partial charge in [-0.15, -0.1) is 12.4 Å². The van der Waals surface area contributed by atoms with Crippen molar-refractivity contribution in [1.82, 2.24) is 20.6 Å². The molecule has 1 unspecified atom stereocenters. The number of allylic oxidation sites excluding steroid dienone is 1. The zero-order chi connectivity index (χ0) is 18.8. The van der Waals surface area contributed by atoms with Gasteiger partial charge in [0.2, 0.25) is 0 Å². The average Bonchev–Trinajstić information content (AvgIpc) is 3.11. The van der Waals surface area contributed by atoms with Crippen LogP contribution in [0.2, 0.25) is 0 Å². The van der Waals surface area contributed by atoms with E-state index in [0.29, 0.717) is 23.5 Å². The molecule has 3 rings (SSSR count). The van der Waals surface area contributed by atoms with Crippen molar-refractivity contribution >= 4 is 42.1 Å². The third-order valence-corrected chi connectivity index (χ3v) is 4.28. The Morgan fingerprint density at radius 2 is 2.07 bits per heavy atom. The van der Waals surface area contributed by atoms with Crippen molar-refractivity contribution < 1.29 is 9.59 Å². The van der Waals surface area contributed by atoms with E-state index < -0.39 is 5.92 Å². The molecule has 0 aromatic carbocycles. The highest BCUT2D eigenvalue weighted by Gasteiger charge is 2.30. The summed E-state index contributed by atoms with van der Waals surface area (Å²) in [7, 11) is 3.74. The van der Waals surface area contributed by atoms with Crippen LogP contribution in [-0.4, -0.2) is 54.1 Å². The molecule has 0 aliphatic carbocycles. The molecule has 27 heavy (non-hydrogen) atoms. The number of aromatic nitrogens is 1. The molecule has 0 saturated heterocycles. The van der Waals surface area contributed by atoms with Gasteiger partial charge < -0.3 is 15.2 Å². The molecule has 9 heteroatoms. The maximum atomic E-state index is 12.5. The number of carbonyl (C=O) groups excluding carboxylic acids is 2. The number of hydrazone groups is 1. The fourth-order valence-electron chi connectivity index (χ4n) is 3.11. The van der Waals surface area contributed by atoms with E-state index >= 15 is 0 Å². The minimum Gasteiger partial charge on any atom is -0.359 e. The molecule has 3 N–H and O–H groups in total. The van der Waals surface area contributed by atoms with E-state index in [0.717, 1.165) is 17.0 Å². The standard InChI is InChI=1S/C18H22N6O2.ClH/c1-10-13(22-11(2)16(10)15(25)9-24(3)4)7-14-17(20-6-5-19-14)12-8-21-23-18(12)26;/h5-8,12,19,22H,9H2,1-4H3,(H,23,26);1H. The first-order valence-corrected chi connectivity index (χ1v) is 8.30. The molecule has 8 nitrogen and oxygen atoms in total. The molecule has 0 bridgehead atoms. The number of rotatable bonds is 5. The summed E-state index contributed by atoms with van der Waals surface area (Å²) < 4.78 is 0. The summed E-state index contributed by atoms with van der Waals surface area (Å²) in [5.74, 6) is -0.684. The normalized spacial score (nSPS) is 19.7. The van der Waals surface area contributed by atoms with Crippen LogP contribution in [0.15, 0.2) is 28.2 Å². The Morgan fingerprint density at radius 3 is 2.70 bits per heavy atom. The van der Waals surface area contributed by atoms with Gasteiger partial charge in [0.1, 0.15) is 5.92 Å². The zero-order valence-electron chi connectivity index (χ0n) is 15.7. The van der Waals surface area contributed by atoms with Crippen molar-refractivity contribution in [3.63, 3.8) is 0 Å². The van der Waals surface area contributed by atoms with Gasteiger partial charge in [0, 0.05) is 35.6 Å². The van der Waals surface area contributed by atoms with Crippen LogP contribution in [0.25, 0.3) is 6.08 Å². The third-order valence-electron chi connectivity index (χ3n) is 4.28. The average molecular weight is 391 g/mol. The number of hydrogen-bond donors (Lipinski definition) is 3. The molecule has 0 radical (unpaired) electrons. The summed E-state index contributed by atoms with van der Waals surface area (Å²) in [6.45, 7) is 4.15. The van der Waals surface area contributed by atoms with Crippen LogP contribution in [0.4, 0.5) is 0 Å². The first-order chi connectivity index (χ1) is 12.4. The molecular weight excluding hydrogens is 368 g/mol. The van der Waals surface area contributed by atoms with Crippen molar-refractivity contribution in [1.29, 1.82) is 0 Å². The predicted octanol–water partition coefficient (Wildman–Crippen LogP) is 1.39. The molecule has 2 aliphatic rings. The summed E-state index contributed by atoms with van der Waals surface area (Å²) in [4.78, 5) is 33.9. The second kappa shape index (κ2) is 8.32. The topological polar surface area (TPSA) is 102 Å². The van der Waals surface area contributed by atoms with Crippen molar-refractivity contribution in [3.05, 3.63) is 40.6 Å². The van der Waals surface area contributed by atoms with Crippen LogP contribution in [-0.2, 0) is 4.79 Å². The lowest BCUT2D eigenvalue weighted by Crippen LogP contribution is -2.32. The summed E-state index contributed by atoms with van der Waals surface area (Å²) in [6, 6.07) is 0. The van der Waals surface area contributed by atoms with Crippen LogP contribution < -0.4 is 10.7 Å². The largest absolute Gasteiger partial charge is 0.359 e. The number of aromatic amines is 1. The van der Waals surface area contributed by atoms with Crippen molar-refractivity contribution in [2.75, 3.05) is 20.6 Å². The lowest BCUT2D eigenvalue weighted by Gasteiger charge is -2.16. The van der Waals surface area contributed by atoms with E-state index in [1.54, 1.807) is 12.4 Å². The maximum Gasteiger partial charge on any atom is 0.254 e. The number of aliphatic imine (C=N–C) groups is 1. The fraction of sp³-hybridized carbons (Fsp3) is 0.333. The first-order valence-electron chi connectivity index (χ1n) is 8.30. The number of amides is 1. The SMILES string of the molecule is Cc1[nH]c(C=C2NC=CN=C2C2C=NNC2=O)c(C)c1C(=O)CN(C)C.Cl. The van der Waals surface area contributed by atoms with Gasteiger partial charge in [-0.05, 0) is 39.6 Å². The van der Waals surface area contributed by atoms with Crippen molar-refractivity contribution in [2.24, 2.45) is 16.0 Å². The summed E-state index contributed by atoms with van der Waals surface area (Å²) in [5, 5.41) is 6.93. The number of halogens is 1. The number of Topliss-reactive ketones (excluding diaryl/α,β-unsaturated/α-hetero) is 1. The Kier molecular flexibility index (Phi) is 6.35. The van der Waals surface area contributed by atoms with Crippen molar-refractivity contribution in [3.8, 4) is 0 Å². The van der Waals surface area contributed by atoms with E-state index in [1.807, 2.05) is 38.9 Å².